The predicted octanol–water partition coefficient (Wildman–Crippen LogP) is 6.14. The van der Waals surface area contributed by atoms with E-state index in [0.717, 1.165) is 36.3 Å². The first kappa shape index (κ1) is 52.5. The summed E-state index contributed by atoms with van der Waals surface area (Å²) in [6, 6.07) is 21.8. The molecule has 0 aliphatic carbocycles. The Balaban J connectivity index is -0.00000198. The van der Waals surface area contributed by atoms with Crippen LogP contribution in [0.1, 0.15) is 37.5 Å². The molecule has 1 aromatic heterocycles. The number of hydrogen-bond acceptors (Lipinski definition) is 8. The van der Waals surface area contributed by atoms with Crippen LogP contribution in [0, 0.1) is 0 Å². The van der Waals surface area contributed by atoms with E-state index < -0.39 is 24.3 Å². The van der Waals surface area contributed by atoms with E-state index in [-0.39, 0.29) is 37.7 Å². The second-order valence-corrected chi connectivity index (χ2v) is 10.3. The van der Waals surface area contributed by atoms with Crippen molar-refractivity contribution < 1.29 is 71.6 Å². The summed E-state index contributed by atoms with van der Waals surface area (Å²) < 4.78 is 48.4. The first-order valence-electron chi connectivity index (χ1n) is 15.2. The minimum atomic E-state index is -5.08. The van der Waals surface area contributed by atoms with Crippen LogP contribution in [-0.4, -0.2) is 77.0 Å². The van der Waals surface area contributed by atoms with Crippen LogP contribution in [0.2, 0.25) is 0 Å². The van der Waals surface area contributed by atoms with Crippen LogP contribution in [0.3, 0.4) is 0 Å². The van der Waals surface area contributed by atoms with Crippen molar-refractivity contribution in [3.05, 3.63) is 96.5 Å². The molecule has 302 valence electrons. The molecule has 1 atom stereocenters. The summed E-state index contributed by atoms with van der Waals surface area (Å²) >= 11 is 0. The summed E-state index contributed by atoms with van der Waals surface area (Å²) in [7, 11) is 1.54. The average Bonchev–Trinajstić information content (AvgIpc) is 3.62. The molecule has 4 aromatic rings. The highest BCUT2D eigenvalue weighted by atomic mass is 19.4. The Kier molecular flexibility index (Phi) is 25.3. The Morgan fingerprint density at radius 3 is 2.06 bits per heavy atom. The molecule has 4 rings (SSSR count). The summed E-state index contributed by atoms with van der Waals surface area (Å²) in [5.74, 6) is -1.66. The standard InChI is InChI=1S/C32H37N5O5.C2HF3O2.3FH.2H2O/c1-4-37(5-2)17-16-28(24-11-7-6-8-12-24)42-32(39)34-20-23-10-9-13-25(18-23)35-31(38)36-26-14-15-27(29(19-26)40-3)30-21-33-22-41-30;3-2(4,5)1(6)7;;;;;/h6-15,18-19,21-22,28H,4-5,16-17,20H2,1-3H3,(H,34,39)(H2,35,36,38);(H,6,7);3*1H;2*1H2. The highest BCUT2D eigenvalue weighted by Crippen LogP contribution is 2.32. The van der Waals surface area contributed by atoms with Gasteiger partial charge >= 0.3 is 24.3 Å². The fraction of sp³-hybridized carbons (Fsp3) is 0.294. The number of nitrogens with one attached hydrogen (secondary N) is 3. The fourth-order valence-corrected chi connectivity index (χ4v) is 4.52. The quantitative estimate of drug-likeness (QED) is 0.114. The van der Waals surface area contributed by atoms with Crippen molar-refractivity contribution >= 4 is 29.5 Å². The maximum absolute atomic E-state index is 12.8. The SMILES string of the molecule is CCN(CC)CCC(OC(=O)NCc1cccc(NC(=O)Nc2ccc(-c3cnco3)c(OC)c2)c1)c1ccccc1.F.F.F.O.O.O=C(O)C(F)(F)F. The Morgan fingerprint density at radius 2 is 1.52 bits per heavy atom. The molecule has 0 spiro atoms. The van der Waals surface area contributed by atoms with Gasteiger partial charge in [0, 0.05) is 37.0 Å². The van der Waals surface area contributed by atoms with Gasteiger partial charge < -0.3 is 50.8 Å². The molecule has 3 amide bonds. The zero-order valence-corrected chi connectivity index (χ0v) is 29.3. The lowest BCUT2D eigenvalue weighted by Crippen LogP contribution is -2.29. The lowest BCUT2D eigenvalue weighted by molar-refractivity contribution is -0.192. The number of anilines is 2. The van der Waals surface area contributed by atoms with Crippen LogP contribution in [0.4, 0.5) is 48.2 Å². The number of aliphatic carboxylic acids is 1. The maximum atomic E-state index is 12.8. The number of benzene rings is 3. The molecule has 20 heteroatoms. The number of carboxylic acids is 1. The van der Waals surface area contributed by atoms with Gasteiger partial charge in [0.25, 0.3) is 0 Å². The van der Waals surface area contributed by atoms with Crippen LogP contribution in [0.5, 0.6) is 5.75 Å². The van der Waals surface area contributed by atoms with Crippen LogP contribution in [-0.2, 0) is 16.1 Å². The monoisotopic (exact) mass is 781 g/mol. The smallest absolute Gasteiger partial charge is 0.490 e. The van der Waals surface area contributed by atoms with Gasteiger partial charge in [-0.3, -0.25) is 14.1 Å². The number of alkyl carbamates (subject to hydrolysis) is 1. The minimum absolute atomic E-state index is 0. The molecule has 1 unspecified atom stereocenters. The van der Waals surface area contributed by atoms with Crippen LogP contribution >= 0.6 is 0 Å². The number of halogens is 6. The molecule has 3 aromatic carbocycles. The molecule has 0 saturated heterocycles. The second kappa shape index (κ2) is 26.0. The van der Waals surface area contributed by atoms with Crippen LogP contribution in [0.15, 0.2) is 89.8 Å². The maximum Gasteiger partial charge on any atom is 0.490 e. The number of oxazole rings is 1. The zero-order chi connectivity index (χ0) is 35.8. The van der Waals surface area contributed by atoms with Crippen LogP contribution < -0.4 is 20.7 Å². The number of carbonyl (C=O) groups excluding carboxylic acids is 2. The van der Waals surface area contributed by atoms with Gasteiger partial charge in [0.2, 0.25) is 0 Å². The van der Waals surface area contributed by atoms with Crippen molar-refractivity contribution in [2.75, 3.05) is 37.4 Å². The number of alkyl halides is 3. The molecule has 0 bridgehead atoms. The molecule has 0 fully saturated rings. The van der Waals surface area contributed by atoms with E-state index in [1.54, 1.807) is 43.6 Å². The van der Waals surface area contributed by atoms with Crippen molar-refractivity contribution in [3.8, 4) is 17.1 Å². The van der Waals surface area contributed by atoms with Gasteiger partial charge in [-0.25, -0.2) is 19.4 Å². The molecule has 1 heterocycles. The second-order valence-electron chi connectivity index (χ2n) is 10.3. The normalized spacial score (nSPS) is 10.4. The number of carbonyl (C=O) groups is 3. The predicted molar refractivity (Wildman–Crippen MR) is 191 cm³/mol. The summed E-state index contributed by atoms with van der Waals surface area (Å²) in [6.45, 7) is 7.20. The van der Waals surface area contributed by atoms with Crippen molar-refractivity contribution in [1.82, 2.24) is 15.2 Å². The minimum Gasteiger partial charge on any atom is -0.496 e. The third-order valence-electron chi connectivity index (χ3n) is 7.04. The van der Waals surface area contributed by atoms with Gasteiger partial charge in [-0.2, -0.15) is 13.2 Å². The molecule has 14 nitrogen and oxygen atoms in total. The van der Waals surface area contributed by atoms with E-state index in [1.807, 2.05) is 42.5 Å². The number of carboxylic acid groups (broad SMARTS) is 1. The van der Waals surface area contributed by atoms with Gasteiger partial charge in [0.15, 0.2) is 12.2 Å². The number of nitrogens with zero attached hydrogens (tertiary/aromatic N) is 2. The summed E-state index contributed by atoms with van der Waals surface area (Å²) in [6.07, 6.45) is -2.30. The third-order valence-corrected chi connectivity index (χ3v) is 7.04. The first-order valence-corrected chi connectivity index (χ1v) is 15.2. The van der Waals surface area contributed by atoms with Gasteiger partial charge in [-0.05, 0) is 48.5 Å². The lowest BCUT2D eigenvalue weighted by Gasteiger charge is -2.23. The third kappa shape index (κ3) is 17.1. The van der Waals surface area contributed by atoms with E-state index in [0.29, 0.717) is 29.3 Å². The number of methoxy groups -OCH3 is 1. The zero-order valence-electron chi connectivity index (χ0n) is 29.3. The highest BCUT2D eigenvalue weighted by molar-refractivity contribution is 6.00. The molecule has 54 heavy (non-hydrogen) atoms. The van der Waals surface area contributed by atoms with E-state index in [1.165, 1.54) is 6.39 Å². The summed E-state index contributed by atoms with van der Waals surface area (Å²) in [5, 5.41) is 15.6. The van der Waals surface area contributed by atoms with Crippen molar-refractivity contribution in [3.63, 3.8) is 0 Å². The van der Waals surface area contributed by atoms with E-state index in [2.05, 4.69) is 39.7 Å². The lowest BCUT2D eigenvalue weighted by atomic mass is 10.1. The number of hydrogen-bond donors (Lipinski definition) is 4. The summed E-state index contributed by atoms with van der Waals surface area (Å²) in [5.41, 5.74) is 3.61. The van der Waals surface area contributed by atoms with Gasteiger partial charge in [0.1, 0.15) is 11.9 Å². The molecule has 0 aliphatic heterocycles. The molecule has 0 aliphatic rings. The topological polar surface area (TPSA) is 218 Å². The van der Waals surface area contributed by atoms with Crippen molar-refractivity contribution in [2.45, 2.75) is 39.1 Å². The Bertz CT molecular complexity index is 1650. The molecule has 0 saturated carbocycles. The van der Waals surface area contributed by atoms with Crippen LogP contribution in [0.25, 0.3) is 11.3 Å². The van der Waals surface area contributed by atoms with Crippen molar-refractivity contribution in [2.24, 2.45) is 0 Å². The highest BCUT2D eigenvalue weighted by Gasteiger charge is 2.38. The number of amides is 3. The molecule has 0 radical (unpaired) electrons. The van der Waals surface area contributed by atoms with E-state index in [4.69, 9.17) is 23.8 Å². The summed E-state index contributed by atoms with van der Waals surface area (Å²) in [4.78, 5) is 40.6. The van der Waals surface area contributed by atoms with E-state index in [9.17, 15) is 22.8 Å². The number of ether oxygens (including phenoxy) is 2. The largest absolute Gasteiger partial charge is 0.496 e. The molecular weight excluding hydrogens is 736 g/mol. The van der Waals surface area contributed by atoms with Crippen molar-refractivity contribution in [1.29, 1.82) is 0 Å². The average molecular weight is 782 g/mol. The first-order chi connectivity index (χ1) is 23.4. The number of rotatable bonds is 13. The Labute approximate surface area is 306 Å². The van der Waals surface area contributed by atoms with Gasteiger partial charge in [0.05, 0.1) is 18.9 Å². The molecule has 8 N–H and O–H groups in total. The van der Waals surface area contributed by atoms with E-state index >= 15 is 0 Å². The number of aromatic nitrogens is 1. The van der Waals surface area contributed by atoms with Gasteiger partial charge in [-0.1, -0.05) is 56.3 Å². The number of urea groups is 1. The van der Waals surface area contributed by atoms with Gasteiger partial charge in [-0.15, -0.1) is 0 Å². The Hall–Kier alpha value is -5.86. The fourth-order valence-electron chi connectivity index (χ4n) is 4.52. The Morgan fingerprint density at radius 1 is 0.907 bits per heavy atom. The molecular formula is C34H45F6N5O9.